The molecule has 1 unspecified atom stereocenters. The molecule has 2 saturated heterocycles. The van der Waals surface area contributed by atoms with Gasteiger partial charge in [-0.1, -0.05) is 12.8 Å². The quantitative estimate of drug-likeness (QED) is 0.475. The van der Waals surface area contributed by atoms with E-state index in [1.807, 2.05) is 0 Å². The molecule has 0 spiro atoms. The number of carboxylic acid groups (broad SMARTS) is 1. The van der Waals surface area contributed by atoms with Gasteiger partial charge in [0.15, 0.2) is 0 Å². The van der Waals surface area contributed by atoms with E-state index in [9.17, 15) is 19.5 Å². The van der Waals surface area contributed by atoms with E-state index in [0.29, 0.717) is 38.3 Å². The van der Waals surface area contributed by atoms with Crippen LogP contribution in [0, 0.1) is 5.92 Å². The predicted molar refractivity (Wildman–Crippen MR) is 105 cm³/mol. The summed E-state index contributed by atoms with van der Waals surface area (Å²) in [6, 6.07) is -1.95. The van der Waals surface area contributed by atoms with Crippen LogP contribution in [-0.2, 0) is 19.1 Å². The lowest BCUT2D eigenvalue weighted by Crippen LogP contribution is -2.53. The average Bonchev–Trinajstić information content (AvgIpc) is 3.17. The van der Waals surface area contributed by atoms with Gasteiger partial charge >= 0.3 is 11.9 Å². The number of aliphatic carboxylic acids is 1. The van der Waals surface area contributed by atoms with E-state index in [2.05, 4.69) is 10.6 Å². The first kappa shape index (κ1) is 22.6. The molecular formula is C20H35N3O5. The van der Waals surface area contributed by atoms with Gasteiger partial charge in [-0.25, -0.2) is 4.79 Å². The predicted octanol–water partition coefficient (Wildman–Crippen LogP) is 1.14. The number of piperidine rings is 1. The highest BCUT2D eigenvalue weighted by Crippen LogP contribution is 2.21. The van der Waals surface area contributed by atoms with Gasteiger partial charge in [-0.3, -0.25) is 14.9 Å². The van der Waals surface area contributed by atoms with Crippen molar-refractivity contribution < 1.29 is 24.2 Å². The van der Waals surface area contributed by atoms with Crippen LogP contribution in [0.5, 0.6) is 0 Å². The van der Waals surface area contributed by atoms with E-state index in [-0.39, 0.29) is 11.9 Å². The number of carboxylic acids is 1. The fourth-order valence-corrected chi connectivity index (χ4v) is 4.20. The zero-order valence-corrected chi connectivity index (χ0v) is 17.1. The number of rotatable bonds is 10. The zero-order chi connectivity index (χ0) is 20.5. The number of nitrogens with zero attached hydrogens (tertiary/aromatic N) is 1. The Labute approximate surface area is 167 Å². The maximum absolute atomic E-state index is 12.7. The Morgan fingerprint density at radius 1 is 1.25 bits per heavy atom. The fraction of sp³-hybridized carbons (Fsp3) is 0.850. The number of esters is 1. The summed E-state index contributed by atoms with van der Waals surface area (Å²) in [5.74, 6) is -0.896. The van der Waals surface area contributed by atoms with E-state index in [1.54, 1.807) is 13.8 Å². The van der Waals surface area contributed by atoms with Crippen molar-refractivity contribution in [3.05, 3.63) is 0 Å². The smallest absolute Gasteiger partial charge is 0.326 e. The zero-order valence-electron chi connectivity index (χ0n) is 17.1. The van der Waals surface area contributed by atoms with Gasteiger partial charge in [0, 0.05) is 6.54 Å². The van der Waals surface area contributed by atoms with E-state index in [0.717, 1.165) is 38.8 Å². The van der Waals surface area contributed by atoms with E-state index in [4.69, 9.17) is 4.74 Å². The van der Waals surface area contributed by atoms with E-state index >= 15 is 0 Å². The Kier molecular flexibility index (Phi) is 9.18. The Bertz CT molecular complexity index is 536. The Morgan fingerprint density at radius 3 is 2.61 bits per heavy atom. The lowest BCUT2D eigenvalue weighted by atomic mass is 9.91. The van der Waals surface area contributed by atoms with Gasteiger partial charge in [0.2, 0.25) is 5.91 Å². The van der Waals surface area contributed by atoms with Crippen LogP contribution in [0.15, 0.2) is 0 Å². The molecule has 2 fully saturated rings. The monoisotopic (exact) mass is 397 g/mol. The summed E-state index contributed by atoms with van der Waals surface area (Å²) >= 11 is 0. The van der Waals surface area contributed by atoms with Crippen molar-refractivity contribution >= 4 is 17.8 Å². The molecule has 2 rings (SSSR count). The Hall–Kier alpha value is -1.67. The molecule has 1 amide bonds. The second-order valence-electron chi connectivity index (χ2n) is 7.85. The van der Waals surface area contributed by atoms with Gasteiger partial charge < -0.3 is 20.1 Å². The van der Waals surface area contributed by atoms with Crippen LogP contribution in [0.25, 0.3) is 0 Å². The summed E-state index contributed by atoms with van der Waals surface area (Å²) in [5.41, 5.74) is 0. The van der Waals surface area contributed by atoms with Crippen LogP contribution in [-0.4, -0.2) is 72.2 Å². The summed E-state index contributed by atoms with van der Waals surface area (Å²) in [7, 11) is 0. The van der Waals surface area contributed by atoms with Crippen molar-refractivity contribution in [2.24, 2.45) is 5.92 Å². The highest BCUT2D eigenvalue weighted by atomic mass is 16.5. The minimum absolute atomic E-state index is 0.266. The fourth-order valence-electron chi connectivity index (χ4n) is 4.20. The minimum Gasteiger partial charge on any atom is -0.480 e. The summed E-state index contributed by atoms with van der Waals surface area (Å²) in [6.45, 7) is 6.30. The van der Waals surface area contributed by atoms with Crippen LogP contribution >= 0.6 is 0 Å². The largest absolute Gasteiger partial charge is 0.480 e. The van der Waals surface area contributed by atoms with Crippen molar-refractivity contribution in [2.45, 2.75) is 76.9 Å². The first-order valence-electron chi connectivity index (χ1n) is 10.6. The number of amides is 1. The Morgan fingerprint density at radius 2 is 1.96 bits per heavy atom. The summed E-state index contributed by atoms with van der Waals surface area (Å²) in [6.07, 6.45) is 6.06. The molecule has 8 nitrogen and oxygen atoms in total. The number of carbonyl (C=O) groups excluding carboxylic acids is 2. The number of carbonyl (C=O) groups is 3. The lowest BCUT2D eigenvalue weighted by Gasteiger charge is -2.28. The molecule has 0 aromatic carbocycles. The molecule has 0 radical (unpaired) electrons. The number of hydrogen-bond donors (Lipinski definition) is 3. The van der Waals surface area contributed by atoms with E-state index in [1.165, 1.54) is 4.90 Å². The topological polar surface area (TPSA) is 108 Å². The average molecular weight is 398 g/mol. The molecule has 8 heteroatoms. The highest BCUT2D eigenvalue weighted by Gasteiger charge is 2.37. The third kappa shape index (κ3) is 6.44. The molecule has 0 saturated carbocycles. The van der Waals surface area contributed by atoms with E-state index < -0.39 is 24.1 Å². The van der Waals surface area contributed by atoms with Gasteiger partial charge in [0.1, 0.15) is 12.1 Å². The number of ether oxygens (including phenoxy) is 1. The first-order valence-corrected chi connectivity index (χ1v) is 10.6. The molecule has 2 heterocycles. The second-order valence-corrected chi connectivity index (χ2v) is 7.85. The van der Waals surface area contributed by atoms with Crippen molar-refractivity contribution in [3.8, 4) is 0 Å². The van der Waals surface area contributed by atoms with Crippen LogP contribution in [0.4, 0.5) is 0 Å². The van der Waals surface area contributed by atoms with Gasteiger partial charge in [-0.15, -0.1) is 0 Å². The van der Waals surface area contributed by atoms with Crippen molar-refractivity contribution in [2.75, 3.05) is 26.2 Å². The van der Waals surface area contributed by atoms with Crippen LogP contribution in [0.1, 0.15) is 58.8 Å². The standard InChI is InChI=1S/C20H35N3O5/c1-3-28-20(27)16(7-4-6-15-9-11-21-12-10-15)22-14(2)18(24)23-13-5-8-17(23)19(25)26/h14-17,21-22H,3-13H2,1-2H3,(H,25,26)/t14-,16?,17-/m0/s1. The van der Waals surface area contributed by atoms with Gasteiger partial charge in [-0.05, 0) is 65.0 Å². The maximum atomic E-state index is 12.7. The van der Waals surface area contributed by atoms with Crippen LogP contribution in [0.2, 0.25) is 0 Å². The van der Waals surface area contributed by atoms with Gasteiger partial charge in [-0.2, -0.15) is 0 Å². The van der Waals surface area contributed by atoms with Gasteiger partial charge in [0.05, 0.1) is 12.6 Å². The van der Waals surface area contributed by atoms with Crippen LogP contribution < -0.4 is 10.6 Å². The second kappa shape index (κ2) is 11.4. The third-order valence-corrected chi connectivity index (χ3v) is 5.78. The van der Waals surface area contributed by atoms with Crippen LogP contribution in [0.3, 0.4) is 0 Å². The minimum atomic E-state index is -0.970. The summed E-state index contributed by atoms with van der Waals surface area (Å²) in [5, 5.41) is 15.8. The molecule has 0 aliphatic carbocycles. The summed E-state index contributed by atoms with van der Waals surface area (Å²) in [4.78, 5) is 37.9. The molecule has 2 aliphatic heterocycles. The first-order chi connectivity index (χ1) is 13.4. The maximum Gasteiger partial charge on any atom is 0.326 e. The molecular weight excluding hydrogens is 362 g/mol. The van der Waals surface area contributed by atoms with Crippen molar-refractivity contribution in [1.29, 1.82) is 0 Å². The molecule has 160 valence electrons. The molecule has 0 bridgehead atoms. The SMILES string of the molecule is CCOC(=O)C(CCCC1CCNCC1)N[C@@H](C)C(=O)N1CCC[C@H]1C(=O)O. The van der Waals surface area contributed by atoms with Gasteiger partial charge in [0.25, 0.3) is 0 Å². The highest BCUT2D eigenvalue weighted by molar-refractivity contribution is 5.88. The number of likely N-dealkylation sites (tertiary alicyclic amines) is 1. The summed E-state index contributed by atoms with van der Waals surface area (Å²) < 4.78 is 5.18. The number of nitrogens with one attached hydrogen (secondary N) is 2. The number of hydrogen-bond acceptors (Lipinski definition) is 6. The third-order valence-electron chi connectivity index (χ3n) is 5.78. The molecule has 3 N–H and O–H groups in total. The molecule has 0 aromatic heterocycles. The Balaban J connectivity index is 1.89. The normalized spacial score (nSPS) is 22.6. The van der Waals surface area contributed by atoms with Crippen molar-refractivity contribution in [1.82, 2.24) is 15.5 Å². The molecule has 0 aromatic rings. The molecule has 3 atom stereocenters. The molecule has 28 heavy (non-hydrogen) atoms. The lowest BCUT2D eigenvalue weighted by molar-refractivity contribution is -0.150. The molecule has 2 aliphatic rings. The van der Waals surface area contributed by atoms with Crippen molar-refractivity contribution in [3.63, 3.8) is 0 Å².